The number of hydrogen-bond donors (Lipinski definition) is 0. The van der Waals surface area contributed by atoms with Crippen molar-refractivity contribution in [1.29, 1.82) is 0 Å². The van der Waals surface area contributed by atoms with Gasteiger partial charge >= 0.3 is 0 Å². The summed E-state index contributed by atoms with van der Waals surface area (Å²) < 4.78 is 5.22. The second-order valence-corrected chi connectivity index (χ2v) is 5.07. The van der Waals surface area contributed by atoms with E-state index < -0.39 is 0 Å². The smallest absolute Gasteiger partial charge is 0.0950 e. The summed E-state index contributed by atoms with van der Waals surface area (Å²) in [4.78, 5) is 2.71. The molecule has 15 heavy (non-hydrogen) atoms. The van der Waals surface area contributed by atoms with E-state index in [0.29, 0.717) is 6.04 Å². The first-order valence-electron chi connectivity index (χ1n) is 6.14. The zero-order valence-corrected chi connectivity index (χ0v) is 9.36. The van der Waals surface area contributed by atoms with Gasteiger partial charge in [0.1, 0.15) is 0 Å². The fraction of sp³-hybridized carbons (Fsp3) is 0.692. The fourth-order valence-corrected chi connectivity index (χ4v) is 3.41. The van der Waals surface area contributed by atoms with E-state index in [1.807, 2.05) is 6.26 Å². The molecule has 0 amide bonds. The largest absolute Gasteiger partial charge is 0.472 e. The molecule has 0 saturated carbocycles. The molecule has 1 aromatic heterocycles. The number of hydrogen-bond acceptors (Lipinski definition) is 2. The molecule has 2 fully saturated rings. The van der Waals surface area contributed by atoms with Crippen molar-refractivity contribution in [2.75, 3.05) is 6.54 Å². The van der Waals surface area contributed by atoms with Crippen LogP contribution in [0.5, 0.6) is 0 Å². The van der Waals surface area contributed by atoms with Crippen molar-refractivity contribution in [2.24, 2.45) is 5.92 Å². The maximum Gasteiger partial charge on any atom is 0.0950 e. The first kappa shape index (κ1) is 9.46. The van der Waals surface area contributed by atoms with Crippen LogP contribution in [0.3, 0.4) is 0 Å². The van der Waals surface area contributed by atoms with E-state index in [4.69, 9.17) is 4.42 Å². The van der Waals surface area contributed by atoms with Crippen LogP contribution in [0.1, 0.15) is 44.2 Å². The van der Waals surface area contributed by atoms with Gasteiger partial charge in [0.15, 0.2) is 0 Å². The Labute approximate surface area is 91.3 Å². The van der Waals surface area contributed by atoms with Crippen LogP contribution in [-0.4, -0.2) is 17.5 Å². The van der Waals surface area contributed by atoms with E-state index in [9.17, 15) is 0 Å². The molecular weight excluding hydrogens is 186 g/mol. The third-order valence-electron chi connectivity index (χ3n) is 4.22. The number of nitrogens with zero attached hydrogens (tertiary/aromatic N) is 1. The van der Waals surface area contributed by atoms with E-state index in [-0.39, 0.29) is 0 Å². The Balaban J connectivity index is 1.85. The van der Waals surface area contributed by atoms with Crippen LogP contribution in [0.15, 0.2) is 23.0 Å². The van der Waals surface area contributed by atoms with Gasteiger partial charge in [0.25, 0.3) is 0 Å². The molecule has 2 nitrogen and oxygen atoms in total. The van der Waals surface area contributed by atoms with E-state index in [0.717, 1.165) is 12.0 Å². The summed E-state index contributed by atoms with van der Waals surface area (Å²) in [5.74, 6) is 0.885. The summed E-state index contributed by atoms with van der Waals surface area (Å²) in [6.07, 6.45) is 9.18. The third-order valence-corrected chi connectivity index (χ3v) is 4.22. The fourth-order valence-electron chi connectivity index (χ4n) is 3.41. The summed E-state index contributed by atoms with van der Waals surface area (Å²) in [5.41, 5.74) is 1.38. The van der Waals surface area contributed by atoms with Crippen molar-refractivity contribution < 1.29 is 4.42 Å². The van der Waals surface area contributed by atoms with Gasteiger partial charge in [-0.05, 0) is 44.2 Å². The topological polar surface area (TPSA) is 16.4 Å². The second-order valence-electron chi connectivity index (χ2n) is 5.07. The molecule has 0 bridgehead atoms. The molecule has 0 unspecified atom stereocenters. The van der Waals surface area contributed by atoms with Crippen LogP contribution < -0.4 is 0 Å². The van der Waals surface area contributed by atoms with Gasteiger partial charge in [-0.15, -0.1) is 0 Å². The highest BCUT2D eigenvalue weighted by molar-refractivity contribution is 5.14. The molecule has 0 spiro atoms. The Morgan fingerprint density at radius 2 is 2.27 bits per heavy atom. The molecule has 3 rings (SSSR count). The lowest BCUT2D eigenvalue weighted by molar-refractivity contribution is 0.0812. The van der Waals surface area contributed by atoms with Crippen LogP contribution in [0, 0.1) is 5.92 Å². The zero-order chi connectivity index (χ0) is 10.3. The Hall–Kier alpha value is -0.760. The van der Waals surface area contributed by atoms with E-state index in [1.165, 1.54) is 37.8 Å². The molecule has 3 atom stereocenters. The standard InChI is InChI=1S/C13H19NO/c1-10-4-5-13(11-6-8-15-9-11)14-7-2-3-12(10)14/h6,8-10,12-13H,2-5,7H2,1H3/t10-,12+,13+/m0/s1. The van der Waals surface area contributed by atoms with Gasteiger partial charge in [0.05, 0.1) is 12.5 Å². The van der Waals surface area contributed by atoms with Crippen molar-refractivity contribution in [1.82, 2.24) is 4.90 Å². The molecule has 0 N–H and O–H groups in total. The van der Waals surface area contributed by atoms with Crippen molar-refractivity contribution in [3.8, 4) is 0 Å². The highest BCUT2D eigenvalue weighted by Gasteiger charge is 2.38. The predicted octanol–water partition coefficient (Wildman–Crippen LogP) is 3.22. The lowest BCUT2D eigenvalue weighted by Crippen LogP contribution is -2.41. The minimum Gasteiger partial charge on any atom is -0.472 e. The first-order valence-corrected chi connectivity index (χ1v) is 6.14. The Bertz CT molecular complexity index is 319. The molecule has 2 saturated heterocycles. The first-order chi connectivity index (χ1) is 7.36. The van der Waals surface area contributed by atoms with Gasteiger partial charge in [0, 0.05) is 17.6 Å². The van der Waals surface area contributed by atoms with Crippen molar-refractivity contribution in [2.45, 2.75) is 44.7 Å². The van der Waals surface area contributed by atoms with Crippen LogP contribution in [0.25, 0.3) is 0 Å². The maximum atomic E-state index is 5.22. The van der Waals surface area contributed by atoms with Gasteiger partial charge in [-0.25, -0.2) is 0 Å². The van der Waals surface area contributed by atoms with E-state index >= 15 is 0 Å². The highest BCUT2D eigenvalue weighted by Crippen LogP contribution is 2.41. The second kappa shape index (κ2) is 3.67. The summed E-state index contributed by atoms with van der Waals surface area (Å²) in [5, 5.41) is 0. The van der Waals surface area contributed by atoms with E-state index in [1.54, 1.807) is 6.26 Å². The van der Waals surface area contributed by atoms with Gasteiger partial charge in [-0.1, -0.05) is 6.92 Å². The molecule has 0 aromatic carbocycles. The molecule has 0 radical (unpaired) electrons. The lowest BCUT2D eigenvalue weighted by atomic mass is 9.85. The van der Waals surface area contributed by atoms with Gasteiger partial charge in [0.2, 0.25) is 0 Å². The molecule has 3 heterocycles. The van der Waals surface area contributed by atoms with Gasteiger partial charge < -0.3 is 4.42 Å². The van der Waals surface area contributed by atoms with Gasteiger partial charge in [-0.2, -0.15) is 0 Å². The number of piperidine rings is 1. The average molecular weight is 205 g/mol. The number of furan rings is 1. The summed E-state index contributed by atoms with van der Waals surface area (Å²) in [6, 6.07) is 3.60. The van der Waals surface area contributed by atoms with Crippen molar-refractivity contribution in [3.63, 3.8) is 0 Å². The minimum absolute atomic E-state index is 0.632. The van der Waals surface area contributed by atoms with Gasteiger partial charge in [-0.3, -0.25) is 4.90 Å². The third kappa shape index (κ3) is 1.51. The lowest BCUT2D eigenvalue weighted by Gasteiger charge is -2.41. The Morgan fingerprint density at radius 1 is 1.33 bits per heavy atom. The Morgan fingerprint density at radius 3 is 3.07 bits per heavy atom. The van der Waals surface area contributed by atoms with Crippen LogP contribution in [0.4, 0.5) is 0 Å². The van der Waals surface area contributed by atoms with Crippen molar-refractivity contribution >= 4 is 0 Å². The van der Waals surface area contributed by atoms with Crippen molar-refractivity contribution in [3.05, 3.63) is 24.2 Å². The molecular formula is C13H19NO. The molecule has 2 aliphatic rings. The molecule has 2 aliphatic heterocycles. The maximum absolute atomic E-state index is 5.22. The summed E-state index contributed by atoms with van der Waals surface area (Å²) in [7, 11) is 0. The predicted molar refractivity (Wildman–Crippen MR) is 59.6 cm³/mol. The molecule has 2 heteroatoms. The quantitative estimate of drug-likeness (QED) is 0.700. The average Bonchev–Trinajstić information content (AvgIpc) is 2.88. The Kier molecular flexibility index (Phi) is 2.32. The summed E-state index contributed by atoms with van der Waals surface area (Å²) >= 11 is 0. The monoisotopic (exact) mass is 205 g/mol. The van der Waals surface area contributed by atoms with Crippen LogP contribution in [0.2, 0.25) is 0 Å². The SMILES string of the molecule is C[C@H]1CC[C@H](c2ccoc2)N2CCC[C@H]12. The highest BCUT2D eigenvalue weighted by atomic mass is 16.3. The minimum atomic E-state index is 0.632. The molecule has 82 valence electrons. The normalized spacial score (nSPS) is 36.7. The number of fused-ring (bicyclic) bond motifs is 1. The van der Waals surface area contributed by atoms with Crippen LogP contribution >= 0.6 is 0 Å². The van der Waals surface area contributed by atoms with Crippen LogP contribution in [-0.2, 0) is 0 Å². The molecule has 1 aromatic rings. The zero-order valence-electron chi connectivity index (χ0n) is 9.36. The number of rotatable bonds is 1. The molecule has 0 aliphatic carbocycles. The van der Waals surface area contributed by atoms with E-state index in [2.05, 4.69) is 17.9 Å². The summed E-state index contributed by atoms with van der Waals surface area (Å²) in [6.45, 7) is 3.69.